The molecule has 0 saturated heterocycles. The molecule has 5 heteroatoms. The molecular formula is C55H100O5. The monoisotopic (exact) mass is 841 g/mol. The summed E-state index contributed by atoms with van der Waals surface area (Å²) in [4.78, 5) is 25.2. The first-order valence-electron chi connectivity index (χ1n) is 26.2. The van der Waals surface area contributed by atoms with Gasteiger partial charge in [-0.15, -0.1) is 0 Å². The topological polar surface area (TPSA) is 61.8 Å². The minimum Gasteiger partial charge on any atom is -0.462 e. The lowest BCUT2D eigenvalue weighted by Gasteiger charge is -2.18. The molecular weight excluding hydrogens is 741 g/mol. The SMILES string of the molecule is CC/C=C\C/C=C\C/C=C\C/C=C\CCCCCCCCC(=O)OCC(COCCCCCCCCCCCCCCCCCCCC)OC(=O)CCCCCCCCC. The quantitative estimate of drug-likeness (QED) is 0.0347. The molecule has 0 rings (SSSR count). The number of esters is 2. The van der Waals surface area contributed by atoms with Crippen molar-refractivity contribution < 1.29 is 23.8 Å². The van der Waals surface area contributed by atoms with E-state index in [1.54, 1.807) is 0 Å². The van der Waals surface area contributed by atoms with Gasteiger partial charge in [0.2, 0.25) is 0 Å². The van der Waals surface area contributed by atoms with Crippen molar-refractivity contribution in [2.45, 2.75) is 271 Å². The average Bonchev–Trinajstić information content (AvgIpc) is 3.25. The number of allylic oxidation sites excluding steroid dienone is 8. The second-order valence-corrected chi connectivity index (χ2v) is 17.4. The van der Waals surface area contributed by atoms with E-state index in [4.69, 9.17) is 14.2 Å². The van der Waals surface area contributed by atoms with Crippen molar-refractivity contribution in [3.63, 3.8) is 0 Å². The molecule has 0 radical (unpaired) electrons. The summed E-state index contributed by atoms with van der Waals surface area (Å²) in [6, 6.07) is 0. The van der Waals surface area contributed by atoms with Gasteiger partial charge in [0.1, 0.15) is 6.61 Å². The van der Waals surface area contributed by atoms with Crippen molar-refractivity contribution in [3.8, 4) is 0 Å². The number of unbranched alkanes of at least 4 members (excludes halogenated alkanes) is 29. The van der Waals surface area contributed by atoms with Gasteiger partial charge >= 0.3 is 11.9 Å². The predicted molar refractivity (Wildman–Crippen MR) is 261 cm³/mol. The van der Waals surface area contributed by atoms with Crippen LogP contribution >= 0.6 is 0 Å². The van der Waals surface area contributed by atoms with Gasteiger partial charge in [-0.2, -0.15) is 0 Å². The normalized spacial score (nSPS) is 12.5. The Morgan fingerprint density at radius 1 is 0.383 bits per heavy atom. The molecule has 5 nitrogen and oxygen atoms in total. The molecule has 350 valence electrons. The largest absolute Gasteiger partial charge is 0.462 e. The number of hydrogen-bond acceptors (Lipinski definition) is 5. The summed E-state index contributed by atoms with van der Waals surface area (Å²) < 4.78 is 17.3. The maximum absolute atomic E-state index is 12.7. The standard InChI is InChI=1S/C55H100O5/c1-4-7-10-13-16-18-20-22-24-26-28-29-31-33-35-37-40-42-45-48-54(56)59-52-53(60-55(57)49-46-43-39-15-12-9-6-3)51-58-50-47-44-41-38-36-34-32-30-27-25-23-21-19-17-14-11-8-5-2/h7,10,16,18,22,24,28-29,53H,4-6,8-9,11-15,17,19-21,23,25-27,30-52H2,1-3H3/b10-7-,18-16-,24-22-,29-28-. The number of ether oxygens (including phenoxy) is 3. The number of hydrogen-bond donors (Lipinski definition) is 0. The molecule has 1 atom stereocenters. The van der Waals surface area contributed by atoms with Crippen molar-refractivity contribution in [1.29, 1.82) is 0 Å². The summed E-state index contributed by atoms with van der Waals surface area (Å²) >= 11 is 0. The molecule has 0 aliphatic carbocycles. The summed E-state index contributed by atoms with van der Waals surface area (Å²) in [7, 11) is 0. The molecule has 0 heterocycles. The molecule has 0 aliphatic rings. The maximum Gasteiger partial charge on any atom is 0.306 e. The van der Waals surface area contributed by atoms with Crippen LogP contribution in [0.3, 0.4) is 0 Å². The van der Waals surface area contributed by atoms with Gasteiger partial charge in [-0.05, 0) is 57.8 Å². The highest BCUT2D eigenvalue weighted by molar-refractivity contribution is 5.70. The second-order valence-electron chi connectivity index (χ2n) is 17.4. The Morgan fingerprint density at radius 2 is 0.750 bits per heavy atom. The highest BCUT2D eigenvalue weighted by Crippen LogP contribution is 2.16. The van der Waals surface area contributed by atoms with E-state index in [0.29, 0.717) is 19.4 Å². The zero-order valence-electron chi connectivity index (χ0n) is 40.2. The van der Waals surface area contributed by atoms with Gasteiger partial charge in [0.15, 0.2) is 6.10 Å². The van der Waals surface area contributed by atoms with E-state index in [-0.39, 0.29) is 25.2 Å². The minimum atomic E-state index is -0.535. The number of carbonyl (C=O) groups is 2. The maximum atomic E-state index is 12.7. The zero-order valence-corrected chi connectivity index (χ0v) is 40.2. The third kappa shape index (κ3) is 48.5. The van der Waals surface area contributed by atoms with E-state index in [0.717, 1.165) is 70.6 Å². The van der Waals surface area contributed by atoms with Crippen molar-refractivity contribution in [2.75, 3.05) is 19.8 Å². The summed E-state index contributed by atoms with van der Waals surface area (Å²) in [5, 5.41) is 0. The summed E-state index contributed by atoms with van der Waals surface area (Å²) in [6.45, 7) is 7.71. The van der Waals surface area contributed by atoms with Crippen LogP contribution in [0.25, 0.3) is 0 Å². The molecule has 0 N–H and O–H groups in total. The van der Waals surface area contributed by atoms with E-state index in [1.807, 2.05) is 0 Å². The fourth-order valence-electron chi connectivity index (χ4n) is 7.50. The summed E-state index contributed by atoms with van der Waals surface area (Å²) in [6.07, 6.45) is 62.8. The molecule has 0 amide bonds. The molecule has 0 aromatic heterocycles. The Morgan fingerprint density at radius 3 is 1.20 bits per heavy atom. The molecule has 0 aromatic carbocycles. The van der Waals surface area contributed by atoms with Crippen LogP contribution in [0.15, 0.2) is 48.6 Å². The van der Waals surface area contributed by atoms with Crippen LogP contribution in [0.2, 0.25) is 0 Å². The molecule has 0 aromatic rings. The van der Waals surface area contributed by atoms with Gasteiger partial charge in [0.25, 0.3) is 0 Å². The Hall–Kier alpha value is -2.14. The van der Waals surface area contributed by atoms with Crippen molar-refractivity contribution in [3.05, 3.63) is 48.6 Å². The van der Waals surface area contributed by atoms with E-state index >= 15 is 0 Å². The van der Waals surface area contributed by atoms with E-state index in [2.05, 4.69) is 69.4 Å². The van der Waals surface area contributed by atoms with Crippen molar-refractivity contribution in [2.24, 2.45) is 0 Å². The van der Waals surface area contributed by atoms with Crippen LogP contribution in [0.4, 0.5) is 0 Å². The predicted octanol–water partition coefficient (Wildman–Crippen LogP) is 17.6. The van der Waals surface area contributed by atoms with Crippen LogP contribution in [-0.4, -0.2) is 37.9 Å². The fourth-order valence-corrected chi connectivity index (χ4v) is 7.50. The lowest BCUT2D eigenvalue weighted by molar-refractivity contribution is -0.163. The first-order valence-corrected chi connectivity index (χ1v) is 26.2. The van der Waals surface area contributed by atoms with Crippen LogP contribution in [-0.2, 0) is 23.8 Å². The van der Waals surface area contributed by atoms with Gasteiger partial charge in [0, 0.05) is 19.4 Å². The first-order chi connectivity index (χ1) is 29.6. The highest BCUT2D eigenvalue weighted by Gasteiger charge is 2.17. The molecule has 60 heavy (non-hydrogen) atoms. The van der Waals surface area contributed by atoms with Crippen LogP contribution in [0, 0.1) is 0 Å². The van der Waals surface area contributed by atoms with Crippen LogP contribution in [0.1, 0.15) is 265 Å². The van der Waals surface area contributed by atoms with Crippen molar-refractivity contribution >= 4 is 11.9 Å². The number of rotatable bonds is 48. The fraction of sp³-hybridized carbons (Fsp3) is 0.818. The van der Waals surface area contributed by atoms with Gasteiger partial charge in [-0.3, -0.25) is 9.59 Å². The number of carbonyl (C=O) groups excluding carboxylic acids is 2. The minimum absolute atomic E-state index is 0.0814. The third-order valence-electron chi connectivity index (χ3n) is 11.4. The zero-order chi connectivity index (χ0) is 43.5. The van der Waals surface area contributed by atoms with Gasteiger partial charge in [-0.25, -0.2) is 0 Å². The van der Waals surface area contributed by atoms with E-state index in [1.165, 1.54) is 161 Å². The van der Waals surface area contributed by atoms with Gasteiger partial charge in [-0.1, -0.05) is 243 Å². The summed E-state index contributed by atoms with van der Waals surface area (Å²) in [5.74, 6) is -0.408. The lowest BCUT2D eigenvalue weighted by atomic mass is 10.0. The molecule has 0 bridgehead atoms. The van der Waals surface area contributed by atoms with Gasteiger partial charge in [0.05, 0.1) is 6.61 Å². The molecule has 0 spiro atoms. The average molecular weight is 841 g/mol. The molecule has 0 fully saturated rings. The third-order valence-corrected chi connectivity index (χ3v) is 11.4. The summed E-state index contributed by atoms with van der Waals surface area (Å²) in [5.41, 5.74) is 0. The van der Waals surface area contributed by atoms with Crippen molar-refractivity contribution in [1.82, 2.24) is 0 Å². The van der Waals surface area contributed by atoms with E-state index < -0.39 is 6.10 Å². The Bertz CT molecular complexity index is 997. The highest BCUT2D eigenvalue weighted by atomic mass is 16.6. The Labute approximate surface area is 373 Å². The molecule has 0 saturated carbocycles. The van der Waals surface area contributed by atoms with Crippen LogP contribution < -0.4 is 0 Å². The lowest BCUT2D eigenvalue weighted by Crippen LogP contribution is -2.30. The van der Waals surface area contributed by atoms with Gasteiger partial charge < -0.3 is 14.2 Å². The Kier molecular flexibility index (Phi) is 49.4. The van der Waals surface area contributed by atoms with Crippen LogP contribution in [0.5, 0.6) is 0 Å². The molecule has 0 aliphatic heterocycles. The molecule has 1 unspecified atom stereocenters. The smallest absolute Gasteiger partial charge is 0.306 e. The Balaban J connectivity index is 4.10. The van der Waals surface area contributed by atoms with E-state index in [9.17, 15) is 9.59 Å². The second kappa shape index (κ2) is 51.2. The first kappa shape index (κ1) is 57.9.